The summed E-state index contributed by atoms with van der Waals surface area (Å²) >= 11 is 0. The van der Waals surface area contributed by atoms with Gasteiger partial charge < -0.3 is 9.47 Å². The van der Waals surface area contributed by atoms with Crippen molar-refractivity contribution in [3.8, 4) is 5.88 Å². The molecule has 1 saturated heterocycles. The lowest BCUT2D eigenvalue weighted by molar-refractivity contribution is -0.310. The van der Waals surface area contributed by atoms with Crippen LogP contribution in [0.1, 0.15) is 28.0 Å². The molecular weight excluding hydrogens is 313 g/mol. The quantitative estimate of drug-likeness (QED) is 0.790. The van der Waals surface area contributed by atoms with E-state index in [0.717, 1.165) is 4.90 Å². The number of fused-ring (bicyclic) bond motifs is 1. The highest BCUT2D eigenvalue weighted by Crippen LogP contribution is 2.45. The number of aryl methyl sites for hydroxylation is 2. The zero-order valence-corrected chi connectivity index (χ0v) is 12.9. The first-order valence-corrected chi connectivity index (χ1v) is 7.34. The van der Waals surface area contributed by atoms with E-state index >= 15 is 0 Å². The molecule has 0 spiro atoms. The van der Waals surface area contributed by atoms with Crippen molar-refractivity contribution in [1.82, 2.24) is 9.88 Å². The highest BCUT2D eigenvalue weighted by Gasteiger charge is 2.64. The number of ether oxygens (including phenoxy) is 2. The smallest absolute Gasteiger partial charge is 0.443 e. The fourth-order valence-corrected chi connectivity index (χ4v) is 3.16. The Balaban J connectivity index is 2.10. The number of halogens is 3. The molecule has 0 bridgehead atoms. The van der Waals surface area contributed by atoms with Crippen molar-refractivity contribution in [3.05, 3.63) is 22.9 Å². The largest absolute Gasteiger partial charge is 0.445 e. The minimum Gasteiger partial charge on any atom is -0.445 e. The van der Waals surface area contributed by atoms with Gasteiger partial charge in [0.2, 0.25) is 5.88 Å². The van der Waals surface area contributed by atoms with E-state index in [4.69, 9.17) is 9.47 Å². The van der Waals surface area contributed by atoms with Crippen LogP contribution in [-0.2, 0) is 4.74 Å². The fraction of sp³-hybridized carbons (Fsp3) is 0.600. The number of carbonyl (C=O) groups excluding carboxylic acids is 1. The predicted molar refractivity (Wildman–Crippen MR) is 74.5 cm³/mol. The van der Waals surface area contributed by atoms with Crippen molar-refractivity contribution >= 4 is 5.78 Å². The molecule has 1 atom stereocenters. The lowest BCUT2D eigenvalue weighted by Gasteiger charge is -2.47. The Labute approximate surface area is 131 Å². The Kier molecular flexibility index (Phi) is 3.84. The van der Waals surface area contributed by atoms with E-state index in [2.05, 4.69) is 4.98 Å². The van der Waals surface area contributed by atoms with Gasteiger partial charge in [-0.1, -0.05) is 0 Å². The van der Waals surface area contributed by atoms with Crippen molar-refractivity contribution in [2.45, 2.75) is 32.2 Å². The molecule has 23 heavy (non-hydrogen) atoms. The number of pyridine rings is 1. The first-order chi connectivity index (χ1) is 10.7. The molecule has 0 aliphatic carbocycles. The minimum absolute atomic E-state index is 0.0485. The van der Waals surface area contributed by atoms with Crippen molar-refractivity contribution in [2.75, 3.05) is 26.3 Å². The van der Waals surface area contributed by atoms with Crippen molar-refractivity contribution < 1.29 is 27.4 Å². The SMILES string of the molecule is Cc1cc(C)c2c(n1)O[C@](N1CCOCC1)(C(F)(F)F)CC2=O. The second kappa shape index (κ2) is 5.45. The van der Waals surface area contributed by atoms with Crippen molar-refractivity contribution in [3.63, 3.8) is 0 Å². The first-order valence-electron chi connectivity index (χ1n) is 7.34. The molecular formula is C15H17F3N2O3. The molecule has 0 aromatic carbocycles. The van der Waals surface area contributed by atoms with E-state index in [1.807, 2.05) is 0 Å². The number of ketones is 1. The Bertz CT molecular complexity index is 642. The van der Waals surface area contributed by atoms with Gasteiger partial charge in [0.05, 0.1) is 25.2 Å². The molecule has 5 nitrogen and oxygen atoms in total. The van der Waals surface area contributed by atoms with Gasteiger partial charge in [0.25, 0.3) is 5.72 Å². The van der Waals surface area contributed by atoms with E-state index < -0.39 is 24.1 Å². The summed E-state index contributed by atoms with van der Waals surface area (Å²) < 4.78 is 52.1. The summed E-state index contributed by atoms with van der Waals surface area (Å²) in [7, 11) is 0. The number of alkyl halides is 3. The average Bonchev–Trinajstić information content (AvgIpc) is 2.45. The molecule has 1 aromatic rings. The minimum atomic E-state index is -4.73. The van der Waals surface area contributed by atoms with Crippen LogP contribution in [-0.4, -0.2) is 53.9 Å². The number of hydrogen-bond donors (Lipinski definition) is 0. The highest BCUT2D eigenvalue weighted by atomic mass is 19.4. The number of aromatic nitrogens is 1. The summed E-state index contributed by atoms with van der Waals surface area (Å²) in [6, 6.07) is 1.66. The molecule has 3 heterocycles. The van der Waals surface area contributed by atoms with Gasteiger partial charge in [0.1, 0.15) is 0 Å². The van der Waals surface area contributed by atoms with Crippen molar-refractivity contribution in [2.24, 2.45) is 0 Å². The van der Waals surface area contributed by atoms with Crippen LogP contribution < -0.4 is 4.74 Å². The molecule has 2 aliphatic rings. The third-order valence-corrected chi connectivity index (χ3v) is 4.22. The Morgan fingerprint density at radius 3 is 2.52 bits per heavy atom. The van der Waals surface area contributed by atoms with E-state index in [1.165, 1.54) is 0 Å². The second-order valence-corrected chi connectivity index (χ2v) is 5.84. The summed E-state index contributed by atoms with van der Waals surface area (Å²) in [5.74, 6) is -0.831. The predicted octanol–water partition coefficient (Wildman–Crippen LogP) is 2.25. The van der Waals surface area contributed by atoms with Gasteiger partial charge in [0, 0.05) is 18.8 Å². The first kappa shape index (κ1) is 16.2. The number of hydrogen-bond acceptors (Lipinski definition) is 5. The molecule has 1 aromatic heterocycles. The van der Waals surface area contributed by atoms with Crippen LogP contribution in [0.4, 0.5) is 13.2 Å². The molecule has 1 fully saturated rings. The lowest BCUT2D eigenvalue weighted by atomic mass is 9.93. The number of Topliss-reactive ketones (excluding diaryl/α,β-unsaturated/α-hetero) is 1. The van der Waals surface area contributed by atoms with Gasteiger partial charge >= 0.3 is 6.18 Å². The van der Waals surface area contributed by atoms with Crippen LogP contribution >= 0.6 is 0 Å². The third kappa shape index (κ3) is 2.59. The van der Waals surface area contributed by atoms with E-state index in [9.17, 15) is 18.0 Å². The Hall–Kier alpha value is -1.67. The van der Waals surface area contributed by atoms with Crippen LogP contribution in [0.2, 0.25) is 0 Å². The zero-order valence-electron chi connectivity index (χ0n) is 12.9. The summed E-state index contributed by atoms with van der Waals surface area (Å²) in [4.78, 5) is 17.6. The summed E-state index contributed by atoms with van der Waals surface area (Å²) in [6.45, 7) is 3.76. The molecule has 8 heteroatoms. The standard InChI is InChI=1S/C15H17F3N2O3/c1-9-7-10(2)19-13-12(9)11(21)8-14(23-13,15(16,17)18)20-3-5-22-6-4-20/h7H,3-6,8H2,1-2H3/t14-/m0/s1. The van der Waals surface area contributed by atoms with Gasteiger partial charge in [-0.05, 0) is 25.5 Å². The number of nitrogens with zero attached hydrogens (tertiary/aromatic N) is 2. The van der Waals surface area contributed by atoms with E-state index in [1.54, 1.807) is 19.9 Å². The van der Waals surface area contributed by atoms with E-state index in [-0.39, 0.29) is 37.7 Å². The topological polar surface area (TPSA) is 51.7 Å². The molecule has 0 unspecified atom stereocenters. The number of carbonyl (C=O) groups is 1. The second-order valence-electron chi connectivity index (χ2n) is 5.84. The van der Waals surface area contributed by atoms with Crippen LogP contribution in [0.3, 0.4) is 0 Å². The zero-order chi connectivity index (χ0) is 16.8. The van der Waals surface area contributed by atoms with E-state index in [0.29, 0.717) is 11.3 Å². The molecule has 0 radical (unpaired) electrons. The Morgan fingerprint density at radius 2 is 1.91 bits per heavy atom. The Morgan fingerprint density at radius 1 is 1.26 bits per heavy atom. The molecule has 0 amide bonds. The fourth-order valence-electron chi connectivity index (χ4n) is 3.16. The molecule has 0 N–H and O–H groups in total. The van der Waals surface area contributed by atoms with Crippen LogP contribution in [0.5, 0.6) is 5.88 Å². The van der Waals surface area contributed by atoms with Crippen LogP contribution in [0.25, 0.3) is 0 Å². The lowest BCUT2D eigenvalue weighted by Crippen LogP contribution is -2.67. The number of morpholine rings is 1. The van der Waals surface area contributed by atoms with Gasteiger partial charge in [-0.3, -0.25) is 9.69 Å². The van der Waals surface area contributed by atoms with Gasteiger partial charge in [-0.15, -0.1) is 0 Å². The maximum Gasteiger partial charge on any atom is 0.443 e. The summed E-state index contributed by atoms with van der Waals surface area (Å²) in [5.41, 5.74) is -1.44. The monoisotopic (exact) mass is 330 g/mol. The summed E-state index contributed by atoms with van der Waals surface area (Å²) in [5, 5.41) is 0. The molecule has 126 valence electrons. The highest BCUT2D eigenvalue weighted by molar-refractivity contribution is 6.01. The maximum atomic E-state index is 13.9. The number of rotatable bonds is 1. The van der Waals surface area contributed by atoms with Gasteiger partial charge in [0.15, 0.2) is 5.78 Å². The van der Waals surface area contributed by atoms with Crippen molar-refractivity contribution in [1.29, 1.82) is 0 Å². The maximum absolute atomic E-state index is 13.9. The molecule has 0 saturated carbocycles. The van der Waals surface area contributed by atoms with Gasteiger partial charge in [-0.25, -0.2) is 4.98 Å². The van der Waals surface area contributed by atoms with Gasteiger partial charge in [-0.2, -0.15) is 13.2 Å². The third-order valence-electron chi connectivity index (χ3n) is 4.22. The molecule has 2 aliphatic heterocycles. The average molecular weight is 330 g/mol. The summed E-state index contributed by atoms with van der Waals surface area (Å²) in [6.07, 6.45) is -5.49. The van der Waals surface area contributed by atoms with Crippen LogP contribution in [0.15, 0.2) is 6.07 Å². The van der Waals surface area contributed by atoms with Crippen LogP contribution in [0, 0.1) is 13.8 Å². The molecule has 3 rings (SSSR count). The normalized spacial score (nSPS) is 25.9.